The minimum absolute atomic E-state index is 0.0427. The van der Waals surface area contributed by atoms with E-state index in [1.807, 2.05) is 0 Å². The molecule has 16 nitrogen and oxygen atoms in total. The molecule has 0 aliphatic carbocycles. The second-order valence-electron chi connectivity index (χ2n) is 29.2. The Labute approximate surface area is 594 Å². The van der Waals surface area contributed by atoms with Gasteiger partial charge in [-0.15, -0.1) is 0 Å². The Bertz CT molecular complexity index is 2030. The topological polar surface area (TPSA) is 229 Å². The van der Waals surface area contributed by atoms with Crippen LogP contribution in [0, 0.1) is 0 Å². The molecule has 572 valence electrons. The third-order valence-corrected chi connectivity index (χ3v) is 21.5. The monoisotopic (exact) mass is 1420 g/mol. The van der Waals surface area contributed by atoms with Crippen LogP contribution in [0.5, 0.6) is 0 Å². The minimum Gasteiger partial charge on any atom is -0.457 e. The molecule has 0 saturated carbocycles. The number of ketones is 2. The number of Topliss-reactive ketones (excluding diaryl/α,β-unsaturated/α-hetero) is 2. The number of phosphoric acid groups is 1. The number of hydrogen-bond donors (Lipinski definition) is 4. The predicted molar refractivity (Wildman–Crippen MR) is 401 cm³/mol. The van der Waals surface area contributed by atoms with Crippen LogP contribution in [0.15, 0.2) is 24.3 Å². The second kappa shape index (κ2) is 64.7. The van der Waals surface area contributed by atoms with E-state index in [1.54, 1.807) is 21.1 Å². The number of quaternary nitrogens is 1. The van der Waals surface area contributed by atoms with Crippen molar-refractivity contribution in [3.63, 3.8) is 0 Å². The van der Waals surface area contributed by atoms with Gasteiger partial charge in [-0.25, -0.2) is 4.57 Å². The number of allylic oxidation sites excluding steroid dienone is 4. The molecule has 0 aliphatic rings. The average molecular weight is 1420 g/mol. The van der Waals surface area contributed by atoms with Gasteiger partial charge in [-0.05, 0) is 77.0 Å². The van der Waals surface area contributed by atoms with Crippen LogP contribution in [-0.4, -0.2) is 119 Å². The molecule has 0 spiro atoms. The van der Waals surface area contributed by atoms with Crippen molar-refractivity contribution < 1.29 is 75.8 Å². The van der Waals surface area contributed by atoms with Crippen molar-refractivity contribution in [3.05, 3.63) is 24.3 Å². The van der Waals surface area contributed by atoms with Gasteiger partial charge in [0.05, 0.1) is 41.0 Å². The molecule has 4 N–H and O–H groups in total. The lowest BCUT2D eigenvalue weighted by atomic mass is 10.0. The third kappa shape index (κ3) is 56.1. The standard InChI is InChI=1S/C79H151NO15P2/c1-8-12-16-20-24-28-32-36-38-42-46-50-54-58-62-66-76(84)93-72(68-81)69-92-97(89,90)95-79(71-80(5,6)7,75(83)65-61-57-53-49-45-41-35-31-27-23-19-15-11-4)96(87,88)91-70-74(78(86)73(82)64-60-56-52-48-44-40-34-30-26-22-18-14-10-3)94-77(85)67-63-59-55-51-47-43-39-37-33-29-25-21-17-13-9-2/h36-39,72,74,78,81,86H,8-35,40-71H2,1-7H3,(H-,87,88,89,90)/p+1/b38-36-,39-37-/t72-,74+,78?,79?/m1/s1. The summed E-state index contributed by atoms with van der Waals surface area (Å²) in [5, 5.41) is 18.9. The van der Waals surface area contributed by atoms with Gasteiger partial charge in [0.15, 0.2) is 23.8 Å². The fraction of sp³-hybridized carbons (Fsp3) is 0.899. The zero-order valence-electron chi connectivity index (χ0n) is 63.6. The first-order chi connectivity index (χ1) is 46.7. The highest BCUT2D eigenvalue weighted by molar-refractivity contribution is 7.57. The second-order valence-corrected chi connectivity index (χ2v) is 32.6. The SMILES string of the molecule is CCCCCCCC/C=C\CCCCCCCC(=O)O[C@H](CO)COP(=O)(O)OC(C[N+](C)(C)C)(C(=O)CCCCCCCCCCCCCCC)P(=O)(O)OC[C@H](OC(=O)CCCCCCC/C=C\CCCCCCCC)C(O)C(=O)CCCCCCCCCCCCCCC. The summed E-state index contributed by atoms with van der Waals surface area (Å²) in [7, 11) is -6.53. The first-order valence-electron chi connectivity index (χ1n) is 40.2. The molecule has 0 bridgehead atoms. The van der Waals surface area contributed by atoms with E-state index >= 15 is 4.57 Å². The summed E-state index contributed by atoms with van der Waals surface area (Å²) in [5.41, 5.74) is 0. The van der Waals surface area contributed by atoms with E-state index in [-0.39, 0.29) is 36.6 Å². The van der Waals surface area contributed by atoms with Crippen LogP contribution in [0.1, 0.15) is 387 Å². The molecule has 97 heavy (non-hydrogen) atoms. The van der Waals surface area contributed by atoms with Crippen LogP contribution in [0.4, 0.5) is 0 Å². The average Bonchev–Trinajstić information content (AvgIpc) is 0.754. The smallest absolute Gasteiger partial charge is 0.457 e. The highest BCUT2D eigenvalue weighted by Gasteiger charge is 2.63. The maximum atomic E-state index is 15.3. The van der Waals surface area contributed by atoms with Gasteiger partial charge >= 0.3 is 27.4 Å². The number of esters is 2. The van der Waals surface area contributed by atoms with Gasteiger partial charge in [-0.1, -0.05) is 309 Å². The van der Waals surface area contributed by atoms with Crippen LogP contribution in [0.3, 0.4) is 0 Å². The minimum atomic E-state index is -5.71. The van der Waals surface area contributed by atoms with E-state index < -0.39 is 88.9 Å². The molecule has 4 unspecified atom stereocenters. The van der Waals surface area contributed by atoms with E-state index in [1.165, 1.54) is 167 Å². The molecule has 18 heteroatoms. The summed E-state index contributed by atoms with van der Waals surface area (Å²) in [6, 6.07) is 0. The Hall–Kier alpha value is -2.10. The number of unbranched alkanes of at least 4 members (excludes halogenated alkanes) is 46. The Balaban J connectivity index is 6.40. The lowest BCUT2D eigenvalue weighted by molar-refractivity contribution is -0.873. The molecule has 0 aliphatic heterocycles. The third-order valence-electron chi connectivity index (χ3n) is 18.5. The summed E-state index contributed by atoms with van der Waals surface area (Å²) in [5.74, 6) is -3.07. The highest BCUT2D eigenvalue weighted by atomic mass is 31.2. The quantitative estimate of drug-likeness (QED) is 0.0146. The molecule has 0 heterocycles. The number of aliphatic hydroxyl groups is 2. The molecule has 0 radical (unpaired) electrons. The number of rotatable bonds is 75. The van der Waals surface area contributed by atoms with E-state index in [4.69, 9.17) is 23.0 Å². The summed E-state index contributed by atoms with van der Waals surface area (Å²) in [6.07, 6.45) is 59.1. The number of aliphatic hydroxyl groups excluding tert-OH is 2. The van der Waals surface area contributed by atoms with Crippen molar-refractivity contribution in [1.29, 1.82) is 0 Å². The van der Waals surface area contributed by atoms with Crippen LogP contribution in [0.2, 0.25) is 0 Å². The van der Waals surface area contributed by atoms with Crippen molar-refractivity contribution in [3.8, 4) is 0 Å². The maximum absolute atomic E-state index is 15.3. The number of carbonyl (C=O) groups is 4. The van der Waals surface area contributed by atoms with Crippen molar-refractivity contribution in [2.24, 2.45) is 0 Å². The Morgan fingerprint density at radius 3 is 1.03 bits per heavy atom. The van der Waals surface area contributed by atoms with Gasteiger partial charge in [0, 0.05) is 25.7 Å². The number of nitrogens with zero attached hydrogens (tertiary/aromatic N) is 1. The Kier molecular flexibility index (Phi) is 63.3. The Morgan fingerprint density at radius 1 is 0.402 bits per heavy atom. The largest absolute Gasteiger partial charge is 0.474 e. The van der Waals surface area contributed by atoms with Gasteiger partial charge < -0.3 is 38.5 Å². The summed E-state index contributed by atoms with van der Waals surface area (Å²) in [6.45, 7) is 5.50. The number of phosphoric ester groups is 1. The van der Waals surface area contributed by atoms with Crippen molar-refractivity contribution in [2.45, 2.75) is 411 Å². The molecule has 6 atom stereocenters. The molecule has 0 fully saturated rings. The van der Waals surface area contributed by atoms with Crippen molar-refractivity contribution >= 4 is 38.9 Å². The molecular weight excluding hydrogens is 1260 g/mol. The van der Waals surface area contributed by atoms with Gasteiger partial charge in [0.2, 0.25) is 0 Å². The molecule has 0 aromatic heterocycles. The normalized spacial score (nSPS) is 15.0. The number of likely N-dealkylation sites (N-methyl/N-ethyl adjacent to an activating group) is 1. The summed E-state index contributed by atoms with van der Waals surface area (Å²) in [4.78, 5) is 79.3. The molecule has 0 aromatic carbocycles. The maximum Gasteiger partial charge on any atom is 0.474 e. The highest BCUT2D eigenvalue weighted by Crippen LogP contribution is 2.64. The van der Waals surface area contributed by atoms with Crippen LogP contribution in [-0.2, 0) is 51.4 Å². The fourth-order valence-corrected chi connectivity index (χ4v) is 15.7. The van der Waals surface area contributed by atoms with E-state index in [2.05, 4.69) is 52.0 Å². The fourth-order valence-electron chi connectivity index (χ4n) is 12.4. The van der Waals surface area contributed by atoms with E-state index in [0.717, 1.165) is 135 Å². The lowest BCUT2D eigenvalue weighted by Crippen LogP contribution is -2.55. The summed E-state index contributed by atoms with van der Waals surface area (Å²) < 4.78 is 57.4. The molecule has 0 amide bonds. The molecule has 0 aromatic rings. The number of hydrogen-bond acceptors (Lipinski definition) is 13. The zero-order valence-corrected chi connectivity index (χ0v) is 65.4. The van der Waals surface area contributed by atoms with Crippen molar-refractivity contribution in [1.82, 2.24) is 0 Å². The van der Waals surface area contributed by atoms with Crippen LogP contribution < -0.4 is 0 Å². The number of carbonyl (C=O) groups excluding carboxylic acids is 4. The zero-order chi connectivity index (χ0) is 71.8. The van der Waals surface area contributed by atoms with Crippen molar-refractivity contribution in [2.75, 3.05) is 47.5 Å². The lowest BCUT2D eigenvalue weighted by Gasteiger charge is -2.40. The molecular formula is C79H152NO15P2+. The van der Waals surface area contributed by atoms with Crippen LogP contribution in [0.25, 0.3) is 0 Å². The van der Waals surface area contributed by atoms with E-state index in [9.17, 15) is 43.7 Å². The predicted octanol–water partition coefficient (Wildman–Crippen LogP) is 22.1. The van der Waals surface area contributed by atoms with E-state index in [0.29, 0.717) is 25.7 Å². The van der Waals surface area contributed by atoms with Gasteiger partial charge in [0.25, 0.3) is 5.34 Å². The number of ether oxygens (including phenoxy) is 2. The first-order valence-corrected chi connectivity index (χ1v) is 43.3. The van der Waals surface area contributed by atoms with Gasteiger partial charge in [-0.3, -0.25) is 32.8 Å². The van der Waals surface area contributed by atoms with Gasteiger partial charge in [0.1, 0.15) is 12.6 Å². The molecule has 0 rings (SSSR count). The van der Waals surface area contributed by atoms with Crippen LogP contribution >= 0.6 is 15.4 Å². The first kappa shape index (κ1) is 94.9. The summed E-state index contributed by atoms with van der Waals surface area (Å²) >= 11 is 0. The Morgan fingerprint density at radius 2 is 0.701 bits per heavy atom. The van der Waals surface area contributed by atoms with Gasteiger partial charge in [-0.2, -0.15) is 0 Å². The molecule has 0 saturated heterocycles.